The fourth-order valence-corrected chi connectivity index (χ4v) is 3.58. The summed E-state index contributed by atoms with van der Waals surface area (Å²) in [5, 5.41) is 18.6. The van der Waals surface area contributed by atoms with Crippen molar-refractivity contribution in [2.24, 2.45) is 11.1 Å². The predicted molar refractivity (Wildman–Crippen MR) is 115 cm³/mol. The Balaban J connectivity index is 0.00000450. The van der Waals surface area contributed by atoms with Gasteiger partial charge in [0.15, 0.2) is 11.6 Å². The zero-order chi connectivity index (χ0) is 21.6. The van der Waals surface area contributed by atoms with E-state index in [1.54, 1.807) is 26.0 Å². The molecule has 0 aliphatic carbocycles. The van der Waals surface area contributed by atoms with Gasteiger partial charge in [-0.3, -0.25) is 10.2 Å². The second-order valence-corrected chi connectivity index (χ2v) is 8.11. The summed E-state index contributed by atoms with van der Waals surface area (Å²) >= 11 is 1.16. The number of benzene rings is 1. The molecule has 0 spiro atoms. The van der Waals surface area contributed by atoms with E-state index in [4.69, 9.17) is 21.1 Å². The minimum atomic E-state index is -0.794. The fraction of sp³-hybridized carbons (Fsp3) is 0.300. The molecule has 0 unspecified atom stereocenters. The van der Waals surface area contributed by atoms with Crippen molar-refractivity contribution in [2.75, 3.05) is 6.54 Å². The van der Waals surface area contributed by atoms with Crippen LogP contribution in [0.25, 0.3) is 0 Å². The van der Waals surface area contributed by atoms with Gasteiger partial charge in [0.05, 0.1) is 12.5 Å². The molecule has 0 radical (unpaired) electrons. The van der Waals surface area contributed by atoms with Gasteiger partial charge in [-0.25, -0.2) is 9.18 Å². The number of nitrogen functional groups attached to an aromatic ring is 1. The Morgan fingerprint density at radius 1 is 1.33 bits per heavy atom. The number of thiophene rings is 1. The maximum Gasteiger partial charge on any atom is 0.353 e. The van der Waals surface area contributed by atoms with E-state index in [2.05, 4.69) is 5.32 Å². The van der Waals surface area contributed by atoms with E-state index < -0.39 is 17.2 Å². The second kappa shape index (κ2) is 10.7. The molecule has 0 saturated carbocycles. The SMILES string of the molecule is CC(C)(Cc1ccc(C(=O)Oc2ccc(C(=N)N)cc2F)s1)C(=O)NCCC#N.Cl. The van der Waals surface area contributed by atoms with Gasteiger partial charge < -0.3 is 15.8 Å². The van der Waals surface area contributed by atoms with Gasteiger partial charge in [-0.1, -0.05) is 13.8 Å². The van der Waals surface area contributed by atoms with Crippen LogP contribution in [-0.2, 0) is 11.2 Å². The highest BCUT2D eigenvalue weighted by Crippen LogP contribution is 2.28. The lowest BCUT2D eigenvalue weighted by Crippen LogP contribution is -2.38. The molecule has 2 aromatic rings. The van der Waals surface area contributed by atoms with Crippen LogP contribution in [0.3, 0.4) is 0 Å². The summed E-state index contributed by atoms with van der Waals surface area (Å²) in [6.45, 7) is 3.84. The lowest BCUT2D eigenvalue weighted by molar-refractivity contribution is -0.129. The van der Waals surface area contributed by atoms with E-state index in [0.29, 0.717) is 6.42 Å². The number of carbonyl (C=O) groups excluding carboxylic acids is 2. The first kappa shape index (κ1) is 25.1. The van der Waals surface area contributed by atoms with E-state index in [1.165, 1.54) is 12.1 Å². The Morgan fingerprint density at radius 3 is 2.63 bits per heavy atom. The molecule has 0 saturated heterocycles. The highest BCUT2D eigenvalue weighted by atomic mass is 35.5. The van der Waals surface area contributed by atoms with Crippen LogP contribution in [0.2, 0.25) is 0 Å². The highest BCUT2D eigenvalue weighted by Gasteiger charge is 2.28. The second-order valence-electron chi connectivity index (χ2n) is 6.94. The van der Waals surface area contributed by atoms with Crippen molar-refractivity contribution in [1.29, 1.82) is 10.7 Å². The number of nitrogens with two attached hydrogens (primary N) is 1. The molecule has 7 nitrogen and oxygen atoms in total. The van der Waals surface area contributed by atoms with E-state index in [1.807, 2.05) is 6.07 Å². The molecular weight excluding hydrogens is 431 g/mol. The summed E-state index contributed by atoms with van der Waals surface area (Å²) in [6, 6.07) is 8.91. The van der Waals surface area contributed by atoms with Gasteiger partial charge >= 0.3 is 5.97 Å². The highest BCUT2D eigenvalue weighted by molar-refractivity contribution is 7.13. The van der Waals surface area contributed by atoms with E-state index >= 15 is 0 Å². The van der Waals surface area contributed by atoms with Crippen molar-refractivity contribution in [3.8, 4) is 11.8 Å². The number of nitrogens with one attached hydrogen (secondary N) is 2. The van der Waals surface area contributed by atoms with Crippen molar-refractivity contribution >= 4 is 41.5 Å². The Bertz CT molecular complexity index is 985. The van der Waals surface area contributed by atoms with E-state index in [9.17, 15) is 14.0 Å². The zero-order valence-corrected chi connectivity index (χ0v) is 18.1. The third-order valence-corrected chi connectivity index (χ3v) is 5.13. The molecule has 1 heterocycles. The standard InChI is InChI=1S/C20H21FN4O3S.ClH/c1-20(2,19(27)25-9-3-8-22)11-13-5-7-16(29-13)18(26)28-15-6-4-12(17(23)24)10-14(15)21;/h4-7,10H,3,9,11H2,1-2H3,(H3,23,24)(H,25,27);1H. The number of ether oxygens (including phenoxy) is 1. The van der Waals surface area contributed by atoms with Crippen molar-refractivity contribution in [1.82, 2.24) is 5.32 Å². The number of halogens is 2. The minimum absolute atomic E-state index is 0. The van der Waals surface area contributed by atoms with Crippen molar-refractivity contribution < 1.29 is 18.7 Å². The van der Waals surface area contributed by atoms with Crippen molar-refractivity contribution in [3.05, 3.63) is 51.5 Å². The lowest BCUT2D eigenvalue weighted by Gasteiger charge is -2.22. The molecule has 0 aliphatic rings. The first-order valence-corrected chi connectivity index (χ1v) is 9.56. The summed E-state index contributed by atoms with van der Waals surface area (Å²) < 4.78 is 19.1. The monoisotopic (exact) mass is 452 g/mol. The molecule has 0 bridgehead atoms. The first-order chi connectivity index (χ1) is 13.6. The molecular formula is C20H22ClFN4O3S. The number of nitrogens with zero attached hydrogens (tertiary/aromatic N) is 1. The number of nitriles is 1. The number of amides is 1. The number of hydrogen-bond donors (Lipinski definition) is 3. The van der Waals surface area contributed by atoms with Crippen LogP contribution in [0.5, 0.6) is 5.75 Å². The molecule has 4 N–H and O–H groups in total. The number of hydrogen-bond acceptors (Lipinski definition) is 6. The van der Waals surface area contributed by atoms with Gasteiger partial charge in [-0.2, -0.15) is 5.26 Å². The van der Waals surface area contributed by atoms with Crippen LogP contribution in [0, 0.1) is 28.0 Å². The number of rotatable bonds is 8. The molecule has 1 aromatic heterocycles. The van der Waals surface area contributed by atoms with Crippen molar-refractivity contribution in [3.63, 3.8) is 0 Å². The Kier molecular flexibility index (Phi) is 8.95. The van der Waals surface area contributed by atoms with E-state index in [-0.39, 0.29) is 53.3 Å². The predicted octanol–water partition coefficient (Wildman–Crippen LogP) is 3.41. The number of esters is 1. The maximum atomic E-state index is 14.0. The fourth-order valence-electron chi connectivity index (χ4n) is 2.47. The Hall–Kier alpha value is -2.96. The molecule has 0 fully saturated rings. The van der Waals surface area contributed by atoms with E-state index in [0.717, 1.165) is 22.3 Å². The minimum Gasteiger partial charge on any atom is -0.419 e. The number of carbonyl (C=O) groups is 2. The molecule has 1 amide bonds. The molecule has 0 aliphatic heterocycles. The normalized spacial score (nSPS) is 10.5. The van der Waals surface area contributed by atoms with Gasteiger partial charge in [0.25, 0.3) is 0 Å². The Labute approximate surface area is 184 Å². The Morgan fingerprint density at radius 2 is 2.03 bits per heavy atom. The third kappa shape index (κ3) is 6.54. The van der Waals surface area contributed by atoms with Crippen LogP contribution < -0.4 is 15.8 Å². The van der Waals surface area contributed by atoms with Crippen LogP contribution in [-0.4, -0.2) is 24.3 Å². The van der Waals surface area contributed by atoms with Gasteiger partial charge in [0, 0.05) is 22.4 Å². The van der Waals surface area contributed by atoms with Crippen LogP contribution in [0.1, 0.15) is 40.4 Å². The maximum absolute atomic E-state index is 14.0. The third-order valence-electron chi connectivity index (χ3n) is 4.06. The molecule has 160 valence electrons. The molecule has 30 heavy (non-hydrogen) atoms. The van der Waals surface area contributed by atoms with Crippen LogP contribution >= 0.6 is 23.7 Å². The quantitative estimate of drug-likeness (QED) is 0.186. The topological polar surface area (TPSA) is 129 Å². The van der Waals surface area contributed by atoms with Gasteiger partial charge in [0.1, 0.15) is 10.7 Å². The van der Waals surface area contributed by atoms with Crippen LogP contribution in [0.15, 0.2) is 30.3 Å². The van der Waals surface area contributed by atoms with Gasteiger partial charge in [-0.05, 0) is 36.8 Å². The average molecular weight is 453 g/mol. The summed E-state index contributed by atoms with van der Waals surface area (Å²) in [4.78, 5) is 25.7. The average Bonchev–Trinajstić information content (AvgIpc) is 3.11. The largest absolute Gasteiger partial charge is 0.419 e. The summed E-state index contributed by atoms with van der Waals surface area (Å²) in [5.74, 6) is -2.24. The smallest absolute Gasteiger partial charge is 0.353 e. The molecule has 2 rings (SSSR count). The zero-order valence-electron chi connectivity index (χ0n) is 16.5. The summed E-state index contributed by atoms with van der Waals surface area (Å²) in [5.41, 5.74) is 4.77. The molecule has 10 heteroatoms. The van der Waals surface area contributed by atoms with Gasteiger partial charge in [-0.15, -0.1) is 23.7 Å². The van der Waals surface area contributed by atoms with Gasteiger partial charge in [0.2, 0.25) is 5.91 Å². The first-order valence-electron chi connectivity index (χ1n) is 8.74. The van der Waals surface area contributed by atoms with Crippen molar-refractivity contribution in [2.45, 2.75) is 26.7 Å². The summed E-state index contributed by atoms with van der Waals surface area (Å²) in [6.07, 6.45) is 0.631. The summed E-state index contributed by atoms with van der Waals surface area (Å²) in [7, 11) is 0. The van der Waals surface area contributed by atoms with Crippen LogP contribution in [0.4, 0.5) is 4.39 Å². The number of amidine groups is 1. The molecule has 0 atom stereocenters. The molecule has 1 aromatic carbocycles. The lowest BCUT2D eigenvalue weighted by atomic mass is 9.87.